The molecule has 0 amide bonds. The van der Waals surface area contributed by atoms with Crippen molar-refractivity contribution < 1.29 is 113 Å². The van der Waals surface area contributed by atoms with Gasteiger partial charge in [-0.05, 0) is 54.1 Å². The molecule has 2 aromatic rings. The first-order valence-electron chi connectivity index (χ1n) is 19.4. The number of hydrogen-bond donors (Lipinski definition) is 10. The molecule has 66 heavy (non-hydrogen) atoms. The molecule has 2 fully saturated rings. The van der Waals surface area contributed by atoms with E-state index in [4.69, 9.17) is 47.8 Å². The minimum Gasteiger partial charge on any atom is -0.508 e. The lowest BCUT2D eigenvalue weighted by Crippen LogP contribution is -2.61. The minimum atomic E-state index is -2.16. The van der Waals surface area contributed by atoms with Gasteiger partial charge in [-0.15, -0.1) is 0 Å². The van der Waals surface area contributed by atoms with Crippen LogP contribution in [0.2, 0.25) is 0 Å². The summed E-state index contributed by atoms with van der Waals surface area (Å²) < 4.78 is 44.5. The average Bonchev–Trinajstić information content (AvgIpc) is 3.25. The lowest BCUT2D eigenvalue weighted by atomic mass is 9.98. The van der Waals surface area contributed by atoms with Crippen molar-refractivity contribution >= 4 is 35.9 Å². The van der Waals surface area contributed by atoms with Crippen LogP contribution >= 0.6 is 0 Å². The number of phenols is 3. The lowest BCUT2D eigenvalue weighted by Gasteiger charge is -2.41. The molecule has 3 aliphatic heterocycles. The third kappa shape index (κ3) is 11.7. The Labute approximate surface area is 369 Å². The second kappa shape index (κ2) is 20.7. The summed E-state index contributed by atoms with van der Waals surface area (Å²) in [5.74, 6) is -9.10. The molecule has 24 nitrogen and oxygen atoms in total. The van der Waals surface area contributed by atoms with Crippen LogP contribution in [0.3, 0.4) is 0 Å². The maximum atomic E-state index is 13.0. The van der Waals surface area contributed by atoms with Gasteiger partial charge < -0.3 is 88.6 Å². The van der Waals surface area contributed by atoms with E-state index < -0.39 is 140 Å². The van der Waals surface area contributed by atoms with Gasteiger partial charge in [0.2, 0.25) is 12.6 Å². The third-order valence-corrected chi connectivity index (χ3v) is 9.78. The van der Waals surface area contributed by atoms with Gasteiger partial charge in [0.25, 0.3) is 0 Å². The number of phenolic OH excluding ortho intramolecular Hbond substituents is 3. The number of rotatable bonds is 16. The van der Waals surface area contributed by atoms with Gasteiger partial charge in [-0.3, -0.25) is 24.0 Å². The summed E-state index contributed by atoms with van der Waals surface area (Å²) in [5, 5.41) is 102. The topological polar surface area (TPSA) is 382 Å². The molecule has 3 heterocycles. The highest BCUT2D eigenvalue weighted by Gasteiger charge is 2.49. The van der Waals surface area contributed by atoms with Crippen LogP contribution in [-0.4, -0.2) is 156 Å². The summed E-state index contributed by atoms with van der Waals surface area (Å²) >= 11 is 0. The molecular weight excluding hydrogens is 888 g/mol. The molecule has 352 valence electrons. The standard InChI is InChI=1S/C42H40O24/c43-19-5-3-18(4-6-19)39-26(63-41-37(57)35(55)34(54)27(64-41)15-59-31(51)8-2-17-1-7-22(45)23(46)9-17)12-21-24(61-39)10-20(44)11-25(21)62-42-38(58)36(56)40(66-33(53)14-30(49)50)28(65-42)16-60-32(52)13-29(47)48/h1-12,27-28,34-38,40-43,45-46,54-58H,13-16H2,(H,47,48)(H,49,50). The number of ether oxygens (including phenoxy) is 7. The van der Waals surface area contributed by atoms with Crippen molar-refractivity contribution in [3.8, 4) is 51.4 Å². The maximum Gasteiger partial charge on any atom is 0.330 e. The second-order valence-corrected chi connectivity index (χ2v) is 14.6. The van der Waals surface area contributed by atoms with Crippen molar-refractivity contribution in [2.75, 3.05) is 13.2 Å². The summed E-state index contributed by atoms with van der Waals surface area (Å²) in [6.45, 7) is -1.64. The highest BCUT2D eigenvalue weighted by molar-refractivity contribution is 5.91. The number of carboxylic acids is 2. The molecule has 0 saturated carbocycles. The van der Waals surface area contributed by atoms with E-state index in [0.29, 0.717) is 5.56 Å². The van der Waals surface area contributed by atoms with Gasteiger partial charge in [0.15, 0.2) is 34.5 Å². The zero-order valence-corrected chi connectivity index (χ0v) is 33.7. The molecule has 0 aromatic heterocycles. The van der Waals surface area contributed by atoms with E-state index in [1.807, 2.05) is 0 Å². The van der Waals surface area contributed by atoms with Crippen LogP contribution in [0.4, 0.5) is 0 Å². The van der Waals surface area contributed by atoms with E-state index in [1.165, 1.54) is 48.5 Å². The molecule has 0 radical (unpaired) electrons. The highest BCUT2D eigenvalue weighted by atomic mass is 16.7. The van der Waals surface area contributed by atoms with Crippen LogP contribution in [0.25, 0.3) is 28.7 Å². The maximum absolute atomic E-state index is 13.0. The molecule has 10 atom stereocenters. The molecule has 1 aliphatic carbocycles. The van der Waals surface area contributed by atoms with Crippen molar-refractivity contribution in [1.82, 2.24) is 0 Å². The second-order valence-electron chi connectivity index (χ2n) is 14.6. The molecule has 10 N–H and O–H groups in total. The van der Waals surface area contributed by atoms with Crippen molar-refractivity contribution in [3.63, 3.8) is 0 Å². The molecule has 0 spiro atoms. The van der Waals surface area contributed by atoms with E-state index in [1.54, 1.807) is 0 Å². The van der Waals surface area contributed by atoms with Gasteiger partial charge in [0, 0.05) is 23.8 Å². The van der Waals surface area contributed by atoms with Gasteiger partial charge in [-0.1, -0.05) is 6.07 Å². The molecule has 0 bridgehead atoms. The summed E-state index contributed by atoms with van der Waals surface area (Å²) in [6, 6.07) is 12.1. The van der Waals surface area contributed by atoms with Crippen molar-refractivity contribution in [1.29, 1.82) is 0 Å². The predicted octanol–water partition coefficient (Wildman–Crippen LogP) is -0.799. The minimum absolute atomic E-state index is 0.151. The first kappa shape index (κ1) is 48.1. The van der Waals surface area contributed by atoms with Crippen LogP contribution in [0.5, 0.6) is 28.7 Å². The Morgan fingerprint density at radius 2 is 1.26 bits per heavy atom. The van der Waals surface area contributed by atoms with Gasteiger partial charge >= 0.3 is 29.8 Å². The van der Waals surface area contributed by atoms with Crippen LogP contribution in [-0.2, 0) is 47.7 Å². The Bertz CT molecular complexity index is 2480. The summed E-state index contributed by atoms with van der Waals surface area (Å²) in [6.07, 6.45) is -19.3. The Morgan fingerprint density at radius 1 is 0.636 bits per heavy atom. The van der Waals surface area contributed by atoms with E-state index in [2.05, 4.69) is 0 Å². The summed E-state index contributed by atoms with van der Waals surface area (Å²) in [4.78, 5) is 72.1. The number of hydrogen-bond acceptors (Lipinski definition) is 22. The fraction of sp³-hybridized carbons (Fsp3) is 0.333. The quantitative estimate of drug-likeness (QED) is 0.0216. The average molecular weight is 929 g/mol. The summed E-state index contributed by atoms with van der Waals surface area (Å²) in [7, 11) is 0. The highest BCUT2D eigenvalue weighted by Crippen LogP contribution is 2.43. The monoisotopic (exact) mass is 928 g/mol. The SMILES string of the molecule is O=C(O)CC(=O)OCC1OC(Oc2cc(=O)cc3oc(-c4ccc(O)cc4)c(OC4OC(COC(=O)C=Cc5ccc(O)c(O)c5)C(O)C(O)C4O)cc2-3)C(O)C(O)C1OC(=O)CC(=O)O. The lowest BCUT2D eigenvalue weighted by molar-refractivity contribution is -0.282. The fourth-order valence-corrected chi connectivity index (χ4v) is 6.53. The number of esters is 3. The number of benzene rings is 3. The zero-order valence-electron chi connectivity index (χ0n) is 33.7. The largest absolute Gasteiger partial charge is 0.508 e. The smallest absolute Gasteiger partial charge is 0.330 e. The number of aromatic hydroxyl groups is 3. The van der Waals surface area contributed by atoms with Crippen LogP contribution in [0, 0.1) is 0 Å². The molecule has 24 heteroatoms. The van der Waals surface area contributed by atoms with Crippen LogP contribution in [0.15, 0.2) is 76.0 Å². The fourth-order valence-electron chi connectivity index (χ4n) is 6.53. The normalized spacial score (nSPS) is 25.2. The van der Waals surface area contributed by atoms with Crippen molar-refractivity contribution in [3.05, 3.63) is 82.5 Å². The third-order valence-electron chi connectivity index (χ3n) is 9.78. The van der Waals surface area contributed by atoms with E-state index >= 15 is 0 Å². The predicted molar refractivity (Wildman–Crippen MR) is 212 cm³/mol. The molecule has 10 unspecified atom stereocenters. The Balaban J connectivity index is 1.30. The van der Waals surface area contributed by atoms with E-state index in [9.17, 15) is 69.6 Å². The number of aliphatic carboxylic acids is 2. The van der Waals surface area contributed by atoms with Gasteiger partial charge in [0.05, 0.1) is 5.56 Å². The zero-order chi connectivity index (χ0) is 48.0. The number of aliphatic hydroxyl groups excluding tert-OH is 5. The van der Waals surface area contributed by atoms with Gasteiger partial charge in [-0.25, -0.2) is 4.79 Å². The summed E-state index contributed by atoms with van der Waals surface area (Å²) in [5.41, 5.74) is -0.428. The van der Waals surface area contributed by atoms with Crippen molar-refractivity contribution in [2.45, 2.75) is 74.3 Å². The number of carboxylic acid groups (broad SMARTS) is 2. The van der Waals surface area contributed by atoms with E-state index in [0.717, 1.165) is 24.3 Å². The molecule has 2 saturated heterocycles. The number of fused-ring (bicyclic) bond motifs is 1. The van der Waals surface area contributed by atoms with Crippen LogP contribution in [0.1, 0.15) is 18.4 Å². The molecule has 6 rings (SSSR count). The molecule has 4 aliphatic rings. The van der Waals surface area contributed by atoms with Crippen LogP contribution < -0.4 is 14.9 Å². The number of aliphatic hydroxyl groups is 5. The van der Waals surface area contributed by atoms with Gasteiger partial charge in [-0.2, -0.15) is 0 Å². The van der Waals surface area contributed by atoms with Crippen molar-refractivity contribution in [2.24, 2.45) is 0 Å². The Hall–Kier alpha value is -7.32. The molecule has 2 aromatic carbocycles. The van der Waals surface area contributed by atoms with Gasteiger partial charge in [0.1, 0.15) is 86.0 Å². The first-order valence-corrected chi connectivity index (χ1v) is 19.4. The molecular formula is C42H40O24. The first-order chi connectivity index (χ1) is 31.3. The number of carbonyl (C=O) groups excluding carboxylic acids is 3. The number of carbonyl (C=O) groups is 5. The Morgan fingerprint density at radius 3 is 1.92 bits per heavy atom. The Kier molecular flexibility index (Phi) is 15.1. The van der Waals surface area contributed by atoms with E-state index in [-0.39, 0.29) is 34.1 Å².